The molecule has 0 aliphatic carbocycles. The molecule has 0 amide bonds. The van der Waals surface area contributed by atoms with Gasteiger partial charge < -0.3 is 0 Å². The normalized spacial score (nSPS) is 12.0. The molecule has 0 atom stereocenters. The second-order valence-electron chi connectivity index (χ2n) is 5.12. The number of anilines is 1. The van der Waals surface area contributed by atoms with E-state index in [1.54, 1.807) is 27.8 Å². The zero-order chi connectivity index (χ0) is 16.6. The summed E-state index contributed by atoms with van der Waals surface area (Å²) in [5, 5.41) is 0.741. The number of aromatic nitrogens is 1. The molecule has 23 heavy (non-hydrogen) atoms. The standard InChI is InChI=1S/C15H15N3O3SSe/c1-17(2)22(20,21)16-11-7-9-12(10-8-11)18-15(19)13-5-3-4-6-14(13)23-18/h3-10,16H,1-2H3. The number of nitrogens with zero attached hydrogens (tertiary/aromatic N) is 2. The second-order valence-corrected chi connectivity index (χ2v) is 9.08. The van der Waals surface area contributed by atoms with Crippen LogP contribution in [0.5, 0.6) is 0 Å². The molecular weight excluding hydrogens is 381 g/mol. The van der Waals surface area contributed by atoms with Crippen LogP contribution >= 0.6 is 0 Å². The Morgan fingerprint density at radius 2 is 1.70 bits per heavy atom. The molecule has 0 spiro atoms. The van der Waals surface area contributed by atoms with E-state index >= 15 is 0 Å². The SMILES string of the molecule is CN(C)S(=O)(=O)Nc1ccc(-n2[se]c3ccccc3c2=O)cc1. The van der Waals surface area contributed by atoms with Crippen LogP contribution in [0.3, 0.4) is 0 Å². The van der Waals surface area contributed by atoms with Gasteiger partial charge in [-0.15, -0.1) is 0 Å². The monoisotopic (exact) mass is 397 g/mol. The van der Waals surface area contributed by atoms with Crippen molar-refractivity contribution in [1.82, 2.24) is 7.87 Å². The van der Waals surface area contributed by atoms with Gasteiger partial charge in [-0.1, -0.05) is 0 Å². The Kier molecular flexibility index (Phi) is 4.16. The molecule has 0 aliphatic rings. The summed E-state index contributed by atoms with van der Waals surface area (Å²) in [6.07, 6.45) is 0. The van der Waals surface area contributed by atoms with Gasteiger partial charge in [0.25, 0.3) is 0 Å². The van der Waals surface area contributed by atoms with Gasteiger partial charge in [0.15, 0.2) is 0 Å². The van der Waals surface area contributed by atoms with Crippen molar-refractivity contribution in [2.75, 3.05) is 18.8 Å². The van der Waals surface area contributed by atoms with Gasteiger partial charge in [-0.2, -0.15) is 0 Å². The van der Waals surface area contributed by atoms with Crippen LogP contribution in [0, 0.1) is 0 Å². The van der Waals surface area contributed by atoms with Crippen molar-refractivity contribution in [2.45, 2.75) is 0 Å². The molecule has 0 bridgehead atoms. The molecule has 0 saturated heterocycles. The Balaban J connectivity index is 1.96. The minimum atomic E-state index is -3.53. The average molecular weight is 396 g/mol. The van der Waals surface area contributed by atoms with E-state index in [1.807, 2.05) is 24.3 Å². The molecule has 0 fully saturated rings. The molecular formula is C15H15N3O3SSe. The summed E-state index contributed by atoms with van der Waals surface area (Å²) in [5.74, 6) is 0. The predicted octanol–water partition coefficient (Wildman–Crippen LogP) is 1.27. The van der Waals surface area contributed by atoms with Crippen LogP contribution in [0.15, 0.2) is 53.3 Å². The van der Waals surface area contributed by atoms with E-state index in [0.717, 1.165) is 19.6 Å². The van der Waals surface area contributed by atoms with Crippen LogP contribution in [0.2, 0.25) is 0 Å². The van der Waals surface area contributed by atoms with Gasteiger partial charge in [-0.3, -0.25) is 0 Å². The fraction of sp³-hybridized carbons (Fsp3) is 0.133. The number of fused-ring (bicyclic) bond motifs is 1. The van der Waals surface area contributed by atoms with E-state index in [4.69, 9.17) is 0 Å². The summed E-state index contributed by atoms with van der Waals surface area (Å²) < 4.78 is 30.0. The van der Waals surface area contributed by atoms with Crippen molar-refractivity contribution in [1.29, 1.82) is 0 Å². The molecule has 1 heterocycles. The molecule has 0 unspecified atom stereocenters. The fourth-order valence-electron chi connectivity index (χ4n) is 2.05. The van der Waals surface area contributed by atoms with E-state index < -0.39 is 10.2 Å². The number of rotatable bonds is 4. The number of hydrogen-bond donors (Lipinski definition) is 1. The van der Waals surface area contributed by atoms with Crippen molar-refractivity contribution in [2.24, 2.45) is 0 Å². The van der Waals surface area contributed by atoms with Crippen LogP contribution in [-0.4, -0.2) is 45.1 Å². The zero-order valence-electron chi connectivity index (χ0n) is 12.6. The molecule has 1 aromatic heterocycles. The molecule has 6 nitrogen and oxygen atoms in total. The summed E-state index contributed by atoms with van der Waals surface area (Å²) in [6.45, 7) is 0. The number of hydrogen-bond acceptors (Lipinski definition) is 3. The van der Waals surface area contributed by atoms with Crippen LogP contribution in [-0.2, 0) is 10.2 Å². The summed E-state index contributed by atoms with van der Waals surface area (Å²) in [7, 11) is -0.616. The third kappa shape index (κ3) is 3.11. The quantitative estimate of drug-likeness (QED) is 0.676. The number of benzene rings is 2. The second kappa shape index (κ2) is 5.97. The first-order chi connectivity index (χ1) is 10.9. The van der Waals surface area contributed by atoms with Crippen LogP contribution in [0.1, 0.15) is 0 Å². The van der Waals surface area contributed by atoms with Crippen molar-refractivity contribution in [3.8, 4) is 5.69 Å². The fourth-order valence-corrected chi connectivity index (χ4v) is 4.76. The Morgan fingerprint density at radius 1 is 1.04 bits per heavy atom. The average Bonchev–Trinajstić information content (AvgIpc) is 2.85. The maximum absolute atomic E-state index is 12.4. The van der Waals surface area contributed by atoms with E-state index in [0.29, 0.717) is 5.69 Å². The van der Waals surface area contributed by atoms with Gasteiger partial charge in [-0.05, 0) is 0 Å². The van der Waals surface area contributed by atoms with Gasteiger partial charge in [0, 0.05) is 0 Å². The van der Waals surface area contributed by atoms with Crippen molar-refractivity contribution < 1.29 is 8.42 Å². The summed E-state index contributed by atoms with van der Waals surface area (Å²) in [4.78, 5) is 12.4. The van der Waals surface area contributed by atoms with Gasteiger partial charge in [0.1, 0.15) is 0 Å². The third-order valence-corrected chi connectivity index (χ3v) is 7.11. The van der Waals surface area contributed by atoms with Crippen molar-refractivity contribution >= 4 is 40.3 Å². The minimum absolute atomic E-state index is 0.0118. The van der Waals surface area contributed by atoms with Gasteiger partial charge in [0.05, 0.1) is 0 Å². The van der Waals surface area contributed by atoms with Crippen LogP contribution in [0.4, 0.5) is 5.69 Å². The first-order valence-electron chi connectivity index (χ1n) is 6.80. The Labute approximate surface area is 140 Å². The molecule has 0 saturated carbocycles. The van der Waals surface area contributed by atoms with E-state index in [9.17, 15) is 13.2 Å². The Hall–Kier alpha value is -1.86. The van der Waals surface area contributed by atoms with Crippen molar-refractivity contribution in [3.05, 3.63) is 58.9 Å². The summed E-state index contributed by atoms with van der Waals surface area (Å²) >= 11 is -0.0989. The molecule has 3 rings (SSSR count). The van der Waals surface area contributed by atoms with Gasteiger partial charge >= 0.3 is 140 Å². The maximum atomic E-state index is 12.4. The topological polar surface area (TPSA) is 71.4 Å². The predicted molar refractivity (Wildman–Crippen MR) is 92.7 cm³/mol. The molecule has 1 N–H and O–H groups in total. The van der Waals surface area contributed by atoms with Crippen molar-refractivity contribution in [3.63, 3.8) is 0 Å². The van der Waals surface area contributed by atoms with E-state index in [1.165, 1.54) is 14.1 Å². The van der Waals surface area contributed by atoms with Crippen LogP contribution < -0.4 is 10.3 Å². The molecule has 3 aromatic rings. The zero-order valence-corrected chi connectivity index (χ0v) is 15.1. The number of nitrogens with one attached hydrogen (secondary N) is 1. The van der Waals surface area contributed by atoms with Gasteiger partial charge in [-0.25, -0.2) is 0 Å². The Morgan fingerprint density at radius 3 is 2.30 bits per heavy atom. The molecule has 120 valence electrons. The molecule has 2 aromatic carbocycles. The summed E-state index contributed by atoms with van der Waals surface area (Å²) in [5.41, 5.74) is 1.21. The van der Waals surface area contributed by atoms with E-state index in [-0.39, 0.29) is 20.3 Å². The summed E-state index contributed by atoms with van der Waals surface area (Å²) in [6, 6.07) is 14.4. The first kappa shape index (κ1) is 16.0. The van der Waals surface area contributed by atoms with Crippen LogP contribution in [0.25, 0.3) is 15.3 Å². The molecule has 8 heteroatoms. The first-order valence-corrected chi connectivity index (χ1v) is 9.86. The third-order valence-electron chi connectivity index (χ3n) is 3.32. The van der Waals surface area contributed by atoms with E-state index in [2.05, 4.69) is 4.72 Å². The molecule has 0 radical (unpaired) electrons. The molecule has 0 aliphatic heterocycles. The Bertz CT molecular complexity index is 1000. The van der Waals surface area contributed by atoms with Gasteiger partial charge in [0.2, 0.25) is 0 Å².